The summed E-state index contributed by atoms with van der Waals surface area (Å²) in [7, 11) is 0. The molecule has 32 heavy (non-hydrogen) atoms. The highest BCUT2D eigenvalue weighted by Crippen LogP contribution is 2.35. The van der Waals surface area contributed by atoms with Crippen molar-refractivity contribution in [3.63, 3.8) is 0 Å². The summed E-state index contributed by atoms with van der Waals surface area (Å²) < 4.78 is 6.06. The molecular weight excluding hydrogens is 444 g/mol. The molecule has 2 aromatic rings. The molecule has 1 aromatic heterocycles. The van der Waals surface area contributed by atoms with Crippen molar-refractivity contribution in [1.29, 1.82) is 0 Å². The lowest BCUT2D eigenvalue weighted by Crippen LogP contribution is -2.48. The Labute approximate surface area is 199 Å². The summed E-state index contributed by atoms with van der Waals surface area (Å²) in [5, 5.41) is 2.74. The molecular formula is C25H31ClN2O3S. The summed E-state index contributed by atoms with van der Waals surface area (Å²) in [6.07, 6.45) is 3.73. The Morgan fingerprint density at radius 2 is 2.00 bits per heavy atom. The average molecular weight is 475 g/mol. The topological polar surface area (TPSA) is 49.9 Å². The van der Waals surface area contributed by atoms with E-state index in [0.717, 1.165) is 37.0 Å². The molecule has 172 valence electrons. The molecule has 1 fully saturated rings. The Kier molecular flexibility index (Phi) is 7.41. The molecule has 5 nitrogen and oxygen atoms in total. The predicted molar refractivity (Wildman–Crippen MR) is 128 cm³/mol. The minimum absolute atomic E-state index is 0.00357. The van der Waals surface area contributed by atoms with Crippen molar-refractivity contribution >= 4 is 34.8 Å². The van der Waals surface area contributed by atoms with E-state index in [1.165, 1.54) is 4.88 Å². The second kappa shape index (κ2) is 10.3. The van der Waals surface area contributed by atoms with Crippen LogP contribution in [0, 0.1) is 11.8 Å². The number of thiophene rings is 1. The third-order valence-corrected chi connectivity index (χ3v) is 7.68. The Morgan fingerprint density at radius 1 is 1.25 bits per heavy atom. The van der Waals surface area contributed by atoms with Gasteiger partial charge < -0.3 is 14.5 Å². The first-order valence-corrected chi connectivity index (χ1v) is 12.7. The van der Waals surface area contributed by atoms with Gasteiger partial charge in [-0.3, -0.25) is 9.59 Å². The summed E-state index contributed by atoms with van der Waals surface area (Å²) >= 11 is 7.72. The minimum Gasteiger partial charge on any atom is -0.491 e. The number of nitrogens with zero attached hydrogens (tertiary/aromatic N) is 2. The van der Waals surface area contributed by atoms with Gasteiger partial charge in [-0.05, 0) is 66.5 Å². The van der Waals surface area contributed by atoms with Crippen molar-refractivity contribution < 1.29 is 14.3 Å². The van der Waals surface area contributed by atoms with Crippen LogP contribution in [-0.4, -0.2) is 47.9 Å². The number of rotatable bonds is 9. The van der Waals surface area contributed by atoms with E-state index in [-0.39, 0.29) is 30.3 Å². The Morgan fingerprint density at radius 3 is 2.69 bits per heavy atom. The number of carbonyl (C=O) groups excluding carboxylic acids is 2. The van der Waals surface area contributed by atoms with Gasteiger partial charge in [0.2, 0.25) is 11.8 Å². The summed E-state index contributed by atoms with van der Waals surface area (Å²) in [6.45, 7) is 6.07. The largest absolute Gasteiger partial charge is 0.491 e. The highest BCUT2D eigenvalue weighted by molar-refractivity contribution is 7.10. The van der Waals surface area contributed by atoms with Crippen LogP contribution in [0.3, 0.4) is 0 Å². The van der Waals surface area contributed by atoms with Crippen LogP contribution in [0.1, 0.15) is 49.6 Å². The van der Waals surface area contributed by atoms with E-state index in [0.29, 0.717) is 30.6 Å². The lowest BCUT2D eigenvalue weighted by atomic mass is 10.00. The van der Waals surface area contributed by atoms with Gasteiger partial charge in [0.25, 0.3) is 0 Å². The molecule has 1 aromatic carbocycles. The van der Waals surface area contributed by atoms with Crippen molar-refractivity contribution in [2.75, 3.05) is 26.2 Å². The van der Waals surface area contributed by atoms with Gasteiger partial charge in [0.15, 0.2) is 0 Å². The first kappa shape index (κ1) is 23.1. The van der Waals surface area contributed by atoms with Gasteiger partial charge in [0, 0.05) is 28.9 Å². The summed E-state index contributed by atoms with van der Waals surface area (Å²) in [5.41, 5.74) is 1.16. The van der Waals surface area contributed by atoms with Crippen LogP contribution in [0.4, 0.5) is 0 Å². The van der Waals surface area contributed by atoms with E-state index in [4.69, 9.17) is 16.3 Å². The van der Waals surface area contributed by atoms with Gasteiger partial charge in [-0.15, -0.1) is 11.3 Å². The van der Waals surface area contributed by atoms with Gasteiger partial charge in [-0.2, -0.15) is 0 Å². The highest BCUT2D eigenvalue weighted by Gasteiger charge is 2.37. The standard InChI is InChI=1S/C25H31ClN2O3S/c1-3-17(2)14-27(25(30)18-4-5-18)15-24(29)28-12-10-23-21(11-13-32-23)22(28)16-31-20-8-6-19(26)7-9-20/h6-9,11,13,17-18,22H,3-5,10,12,14-16H2,1-2H3/t17-,22+/m1/s1. The fourth-order valence-corrected chi connectivity index (χ4v) is 5.22. The first-order valence-electron chi connectivity index (χ1n) is 11.5. The minimum atomic E-state index is -0.158. The van der Waals surface area contributed by atoms with E-state index in [2.05, 4.69) is 25.3 Å². The number of carbonyl (C=O) groups is 2. The molecule has 1 aliphatic heterocycles. The Balaban J connectivity index is 1.49. The zero-order chi connectivity index (χ0) is 22.7. The van der Waals surface area contributed by atoms with Gasteiger partial charge >= 0.3 is 0 Å². The molecule has 0 saturated heterocycles. The number of benzene rings is 1. The summed E-state index contributed by atoms with van der Waals surface area (Å²) in [4.78, 5) is 31.4. The maximum absolute atomic E-state index is 13.5. The predicted octanol–water partition coefficient (Wildman–Crippen LogP) is 5.19. The second-order valence-electron chi connectivity index (χ2n) is 8.92. The number of fused-ring (bicyclic) bond motifs is 1. The average Bonchev–Trinajstić information content (AvgIpc) is 3.53. The van der Waals surface area contributed by atoms with Gasteiger partial charge in [0.1, 0.15) is 12.4 Å². The van der Waals surface area contributed by atoms with Gasteiger partial charge in [0.05, 0.1) is 12.6 Å². The van der Waals surface area contributed by atoms with Crippen molar-refractivity contribution in [2.24, 2.45) is 11.8 Å². The van der Waals surface area contributed by atoms with Crippen LogP contribution in [0.15, 0.2) is 35.7 Å². The van der Waals surface area contributed by atoms with Crippen LogP contribution in [0.5, 0.6) is 5.75 Å². The SMILES string of the molecule is CC[C@@H](C)CN(CC(=O)N1CCc2sccc2[C@@H]1COc1ccc(Cl)cc1)C(=O)C1CC1. The first-order chi connectivity index (χ1) is 15.5. The molecule has 2 aliphatic rings. The number of hydrogen-bond donors (Lipinski definition) is 0. The molecule has 0 N–H and O–H groups in total. The van der Waals surface area contributed by atoms with Crippen molar-refractivity contribution in [1.82, 2.24) is 9.80 Å². The maximum atomic E-state index is 13.5. The molecule has 4 rings (SSSR count). The molecule has 0 bridgehead atoms. The maximum Gasteiger partial charge on any atom is 0.242 e. The van der Waals surface area contributed by atoms with E-state index in [1.807, 2.05) is 17.0 Å². The lowest BCUT2D eigenvalue weighted by Gasteiger charge is -2.37. The molecule has 0 radical (unpaired) electrons. The number of amides is 2. The van der Waals surface area contributed by atoms with Crippen LogP contribution >= 0.6 is 22.9 Å². The van der Waals surface area contributed by atoms with Crippen LogP contribution < -0.4 is 4.74 Å². The molecule has 7 heteroatoms. The van der Waals surface area contributed by atoms with Crippen LogP contribution in [-0.2, 0) is 16.0 Å². The molecule has 2 amide bonds. The number of halogens is 1. The van der Waals surface area contributed by atoms with Crippen molar-refractivity contribution in [3.8, 4) is 5.75 Å². The molecule has 1 saturated carbocycles. The normalized spacial score (nSPS) is 18.7. The van der Waals surface area contributed by atoms with E-state index >= 15 is 0 Å². The van der Waals surface area contributed by atoms with E-state index < -0.39 is 0 Å². The molecule has 1 aliphatic carbocycles. The van der Waals surface area contributed by atoms with Crippen LogP contribution in [0.2, 0.25) is 5.02 Å². The zero-order valence-corrected chi connectivity index (χ0v) is 20.3. The number of ether oxygens (including phenoxy) is 1. The third-order valence-electron chi connectivity index (χ3n) is 6.43. The van der Waals surface area contributed by atoms with E-state index in [1.54, 1.807) is 28.4 Å². The summed E-state index contributed by atoms with van der Waals surface area (Å²) in [5.74, 6) is 1.36. The second-order valence-corrected chi connectivity index (χ2v) is 10.4. The van der Waals surface area contributed by atoms with Crippen molar-refractivity contribution in [3.05, 3.63) is 51.2 Å². The monoisotopic (exact) mass is 474 g/mol. The zero-order valence-electron chi connectivity index (χ0n) is 18.8. The molecule has 0 unspecified atom stereocenters. The molecule has 2 atom stereocenters. The fourth-order valence-electron chi connectivity index (χ4n) is 4.16. The number of hydrogen-bond acceptors (Lipinski definition) is 4. The van der Waals surface area contributed by atoms with E-state index in [9.17, 15) is 9.59 Å². The van der Waals surface area contributed by atoms with Crippen molar-refractivity contribution in [2.45, 2.75) is 45.6 Å². The Bertz CT molecular complexity index is 941. The molecule has 2 heterocycles. The quantitative estimate of drug-likeness (QED) is 0.502. The Hall–Kier alpha value is -2.05. The highest BCUT2D eigenvalue weighted by atomic mass is 35.5. The lowest BCUT2D eigenvalue weighted by molar-refractivity contribution is -0.143. The summed E-state index contributed by atoms with van der Waals surface area (Å²) in [6, 6.07) is 9.22. The van der Waals surface area contributed by atoms with Gasteiger partial charge in [-0.1, -0.05) is 31.9 Å². The third kappa shape index (κ3) is 5.46. The van der Waals surface area contributed by atoms with Crippen LogP contribution in [0.25, 0.3) is 0 Å². The van der Waals surface area contributed by atoms with Gasteiger partial charge in [-0.25, -0.2) is 0 Å². The smallest absolute Gasteiger partial charge is 0.242 e. The molecule has 0 spiro atoms. The fraction of sp³-hybridized carbons (Fsp3) is 0.520.